The Balaban J connectivity index is 2.47. The van der Waals surface area contributed by atoms with E-state index in [1.165, 1.54) is 6.92 Å². The summed E-state index contributed by atoms with van der Waals surface area (Å²) in [6, 6.07) is -1.16. The fourth-order valence-corrected chi connectivity index (χ4v) is 2.57. The van der Waals surface area contributed by atoms with Crippen molar-refractivity contribution in [3.63, 3.8) is 0 Å². The fraction of sp³-hybridized carbons (Fsp3) is 0.643. The van der Waals surface area contributed by atoms with E-state index in [4.69, 9.17) is 15.2 Å². The van der Waals surface area contributed by atoms with Crippen LogP contribution in [0.3, 0.4) is 0 Å². The molecule has 0 saturated carbocycles. The SMILES string of the molecule is CCO[C@H]1C[C@H](n2cc(F)c(=O)n(C(=O)[C@H](C)N)c2=O)O[C@@H]1CO. The Hall–Kier alpha value is -1.88. The Bertz CT molecular complexity index is 728. The van der Waals surface area contributed by atoms with Crippen LogP contribution in [0.4, 0.5) is 4.39 Å². The maximum absolute atomic E-state index is 13.9. The molecule has 134 valence electrons. The second-order valence-corrected chi connectivity index (χ2v) is 5.48. The molecule has 0 spiro atoms. The zero-order valence-electron chi connectivity index (χ0n) is 13.3. The van der Waals surface area contributed by atoms with Gasteiger partial charge in [0.05, 0.1) is 24.9 Å². The number of hydrogen-bond donors (Lipinski definition) is 2. The first-order chi connectivity index (χ1) is 11.3. The van der Waals surface area contributed by atoms with Gasteiger partial charge in [0.15, 0.2) is 0 Å². The van der Waals surface area contributed by atoms with Crippen molar-refractivity contribution in [2.24, 2.45) is 5.73 Å². The van der Waals surface area contributed by atoms with E-state index in [1.807, 2.05) is 0 Å². The predicted octanol–water partition coefficient (Wildman–Crippen LogP) is -1.18. The van der Waals surface area contributed by atoms with Gasteiger partial charge in [-0.15, -0.1) is 0 Å². The molecule has 0 aromatic carbocycles. The first-order valence-corrected chi connectivity index (χ1v) is 7.53. The van der Waals surface area contributed by atoms with Gasteiger partial charge in [-0.2, -0.15) is 8.96 Å². The van der Waals surface area contributed by atoms with E-state index >= 15 is 0 Å². The van der Waals surface area contributed by atoms with Crippen LogP contribution in [-0.4, -0.2) is 51.6 Å². The molecule has 24 heavy (non-hydrogen) atoms. The zero-order chi connectivity index (χ0) is 18.0. The second-order valence-electron chi connectivity index (χ2n) is 5.48. The largest absolute Gasteiger partial charge is 0.394 e. The molecule has 0 aliphatic carbocycles. The molecule has 1 aromatic heterocycles. The van der Waals surface area contributed by atoms with Gasteiger partial charge in [0, 0.05) is 13.0 Å². The highest BCUT2D eigenvalue weighted by Crippen LogP contribution is 2.29. The van der Waals surface area contributed by atoms with Crippen molar-refractivity contribution in [2.45, 2.75) is 44.7 Å². The van der Waals surface area contributed by atoms with Crippen LogP contribution in [0.15, 0.2) is 15.8 Å². The minimum Gasteiger partial charge on any atom is -0.394 e. The average Bonchev–Trinajstić information content (AvgIpc) is 2.94. The number of halogens is 1. The van der Waals surface area contributed by atoms with E-state index in [0.29, 0.717) is 12.8 Å². The van der Waals surface area contributed by atoms with Crippen molar-refractivity contribution in [1.29, 1.82) is 0 Å². The Labute approximate surface area is 136 Å². The average molecular weight is 345 g/mol. The molecular weight excluding hydrogens is 325 g/mol. The van der Waals surface area contributed by atoms with Crippen LogP contribution in [0.1, 0.15) is 31.3 Å². The smallest absolute Gasteiger partial charge is 0.340 e. The van der Waals surface area contributed by atoms with E-state index in [0.717, 1.165) is 4.57 Å². The number of nitrogens with two attached hydrogens (primary N) is 1. The highest BCUT2D eigenvalue weighted by molar-refractivity contribution is 5.83. The highest BCUT2D eigenvalue weighted by atomic mass is 19.1. The van der Waals surface area contributed by atoms with Crippen molar-refractivity contribution in [1.82, 2.24) is 9.13 Å². The number of hydrogen-bond acceptors (Lipinski definition) is 7. The number of rotatable bonds is 5. The van der Waals surface area contributed by atoms with Crippen LogP contribution in [0.2, 0.25) is 0 Å². The summed E-state index contributed by atoms with van der Waals surface area (Å²) in [5.41, 5.74) is 2.98. The van der Waals surface area contributed by atoms with Crippen LogP contribution >= 0.6 is 0 Å². The monoisotopic (exact) mass is 345 g/mol. The van der Waals surface area contributed by atoms with Crippen molar-refractivity contribution >= 4 is 5.91 Å². The lowest BCUT2D eigenvalue weighted by Gasteiger charge is -2.16. The Morgan fingerprint density at radius 3 is 2.79 bits per heavy atom. The third-order valence-corrected chi connectivity index (χ3v) is 3.73. The lowest BCUT2D eigenvalue weighted by atomic mass is 10.2. The van der Waals surface area contributed by atoms with E-state index in [1.54, 1.807) is 6.92 Å². The lowest BCUT2D eigenvalue weighted by molar-refractivity contribution is -0.0607. The van der Waals surface area contributed by atoms with Gasteiger partial charge >= 0.3 is 5.69 Å². The van der Waals surface area contributed by atoms with Crippen LogP contribution in [0.25, 0.3) is 0 Å². The summed E-state index contributed by atoms with van der Waals surface area (Å²) in [5.74, 6) is -2.30. The Kier molecular flexibility index (Phi) is 5.65. The quantitative estimate of drug-likeness (QED) is 0.688. The number of nitrogens with zero attached hydrogens (tertiary/aromatic N) is 2. The molecule has 0 amide bonds. The number of aliphatic hydroxyl groups excluding tert-OH is 1. The first kappa shape index (κ1) is 18.5. The molecule has 1 aliphatic heterocycles. The summed E-state index contributed by atoms with van der Waals surface area (Å²) >= 11 is 0. The van der Waals surface area contributed by atoms with Crippen LogP contribution < -0.4 is 17.0 Å². The summed E-state index contributed by atoms with van der Waals surface area (Å²) in [4.78, 5) is 36.2. The number of ether oxygens (including phenoxy) is 2. The molecular formula is C14H20FN3O6. The molecule has 1 aliphatic rings. The predicted molar refractivity (Wildman–Crippen MR) is 80.2 cm³/mol. The summed E-state index contributed by atoms with van der Waals surface area (Å²) < 4.78 is 25.8. The molecule has 10 heteroatoms. The van der Waals surface area contributed by atoms with Crippen molar-refractivity contribution in [3.8, 4) is 0 Å². The summed E-state index contributed by atoms with van der Waals surface area (Å²) in [6.45, 7) is 3.05. The molecule has 0 unspecified atom stereocenters. The number of carbonyl (C=O) groups excluding carboxylic acids is 1. The molecule has 4 atom stereocenters. The first-order valence-electron chi connectivity index (χ1n) is 7.53. The number of carbonyl (C=O) groups is 1. The molecule has 3 N–H and O–H groups in total. The maximum atomic E-state index is 13.9. The van der Waals surface area contributed by atoms with E-state index in [2.05, 4.69) is 0 Å². The molecule has 2 rings (SSSR count). The van der Waals surface area contributed by atoms with Crippen molar-refractivity contribution < 1.29 is 23.8 Å². The van der Waals surface area contributed by atoms with Gasteiger partial charge in [-0.3, -0.25) is 14.2 Å². The molecule has 0 bridgehead atoms. The molecule has 1 saturated heterocycles. The normalized spacial score (nSPS) is 25.0. The molecule has 1 aromatic rings. The lowest BCUT2D eigenvalue weighted by Crippen LogP contribution is -2.50. The van der Waals surface area contributed by atoms with Crippen LogP contribution in [-0.2, 0) is 9.47 Å². The number of aliphatic hydroxyl groups is 1. The second kappa shape index (κ2) is 7.34. The third kappa shape index (κ3) is 3.31. The van der Waals surface area contributed by atoms with Gasteiger partial charge in [-0.1, -0.05) is 0 Å². The van der Waals surface area contributed by atoms with Gasteiger partial charge in [-0.25, -0.2) is 4.79 Å². The van der Waals surface area contributed by atoms with Gasteiger partial charge in [0.2, 0.25) is 5.82 Å². The minimum atomic E-state index is -1.36. The molecule has 1 fully saturated rings. The van der Waals surface area contributed by atoms with Crippen LogP contribution in [0.5, 0.6) is 0 Å². The minimum absolute atomic E-state index is 0.156. The summed E-state index contributed by atoms with van der Waals surface area (Å²) in [6.07, 6.45) is -1.33. The van der Waals surface area contributed by atoms with E-state index < -0.39 is 47.5 Å². The van der Waals surface area contributed by atoms with Gasteiger partial charge in [0.25, 0.3) is 11.5 Å². The highest BCUT2D eigenvalue weighted by Gasteiger charge is 2.37. The van der Waals surface area contributed by atoms with E-state index in [-0.39, 0.29) is 17.6 Å². The maximum Gasteiger partial charge on any atom is 0.340 e. The standard InChI is InChI=1S/C14H20FN3O6/c1-3-23-9-4-11(24-10(9)6-19)17-5-8(15)13(21)18(14(17)22)12(20)7(2)16/h5,7,9-11,19H,3-4,6,16H2,1-2H3/t7-,9-,10+,11+/m0/s1. The molecule has 0 radical (unpaired) electrons. The van der Waals surface area contributed by atoms with Gasteiger partial charge in [0.1, 0.15) is 12.3 Å². The Morgan fingerprint density at radius 2 is 2.25 bits per heavy atom. The summed E-state index contributed by atoms with van der Waals surface area (Å²) in [7, 11) is 0. The third-order valence-electron chi connectivity index (χ3n) is 3.73. The van der Waals surface area contributed by atoms with Gasteiger partial charge < -0.3 is 20.3 Å². The summed E-state index contributed by atoms with van der Waals surface area (Å²) in [5, 5.41) is 9.32. The Morgan fingerprint density at radius 1 is 1.58 bits per heavy atom. The molecule has 9 nitrogen and oxygen atoms in total. The fourth-order valence-electron chi connectivity index (χ4n) is 2.57. The molecule has 2 heterocycles. The van der Waals surface area contributed by atoms with E-state index in [9.17, 15) is 23.9 Å². The van der Waals surface area contributed by atoms with Crippen molar-refractivity contribution in [3.05, 3.63) is 32.9 Å². The van der Waals surface area contributed by atoms with Crippen LogP contribution in [0, 0.1) is 5.82 Å². The topological polar surface area (TPSA) is 126 Å². The zero-order valence-corrected chi connectivity index (χ0v) is 13.3. The van der Waals surface area contributed by atoms with Gasteiger partial charge in [-0.05, 0) is 13.8 Å². The number of aromatic nitrogens is 2. The van der Waals surface area contributed by atoms with Crippen molar-refractivity contribution in [2.75, 3.05) is 13.2 Å².